The number of cyclic esters (lactones) is 2. The molecule has 2 unspecified atom stereocenters. The number of carbonyl (C=O) groups is 9. The Hall–Kier alpha value is -8.52. The van der Waals surface area contributed by atoms with Crippen LogP contribution < -0.4 is 0 Å². The van der Waals surface area contributed by atoms with Gasteiger partial charge < -0.3 is 71.6 Å². The van der Waals surface area contributed by atoms with Gasteiger partial charge in [0.05, 0.1) is 65.3 Å². The van der Waals surface area contributed by atoms with E-state index in [1.165, 1.54) is 65.0 Å². The highest BCUT2D eigenvalue weighted by Crippen LogP contribution is 2.46. The van der Waals surface area contributed by atoms with Gasteiger partial charge in [-0.1, -0.05) is 79.8 Å². The Labute approximate surface area is 689 Å². The molecule has 0 radical (unpaired) electrons. The fourth-order valence-electron chi connectivity index (χ4n) is 17.5. The number of ketones is 4. The number of esters is 3. The van der Waals surface area contributed by atoms with Crippen molar-refractivity contribution in [3.8, 4) is 11.3 Å². The van der Waals surface area contributed by atoms with Crippen LogP contribution >= 0.6 is 0 Å². The summed E-state index contributed by atoms with van der Waals surface area (Å²) >= 11 is 0. The predicted octanol–water partition coefficient (Wildman–Crippen LogP) is 11.4. The molecule has 8 heterocycles. The van der Waals surface area contributed by atoms with Gasteiger partial charge in [0.2, 0.25) is 0 Å². The van der Waals surface area contributed by atoms with Crippen molar-refractivity contribution in [1.82, 2.24) is 38.8 Å². The van der Waals surface area contributed by atoms with Crippen LogP contribution in [0.3, 0.4) is 0 Å². The predicted molar refractivity (Wildman–Crippen MR) is 434 cm³/mol. The summed E-state index contributed by atoms with van der Waals surface area (Å²) < 4.78 is 72.0. The number of imidazole rings is 2. The van der Waals surface area contributed by atoms with Crippen molar-refractivity contribution in [2.24, 2.45) is 41.4 Å². The van der Waals surface area contributed by atoms with Crippen LogP contribution in [-0.2, 0) is 86.4 Å². The number of amides is 1. The second kappa shape index (κ2) is 39.6. The number of carbonyl (C=O) groups excluding carboxylic acids is 9. The normalized spacial score (nSPS) is 35.1. The molecule has 1 amide bonds. The standard InChI is InChI=1S/C46H69N5O10.C42H57N3O11/c1-14-35-46(15-2)39(51(43(56)61-46)21-17-19-44(8,9)50-25-33(48-26-50)32-18-16-20-47-24-32)29(5)36(52)27(3)23-45(10,57-13)40(30(6)37(53)31(7)41(55)59-35)60-42-38(54)34(49(11)12)22-28(4)58-42;1-12-32-42(13-2,56-40(50)45-20-19-43-24-45)23-26(4)33(46)25(3)22-41(8,51-11)36(28(6)34(47)29(7)37(48)53-32)55-39-35(31(44(9)10)21-27(5)52-39)54-38(49)30-17-15-14-16-18-30/h15-16,18,20,24-31,34-35,38-40,42,54H,2,14,17,19,21-23H2,1,3-13H3;13-20,23-25,27-29,31-32,35-36,39H,2,12,21-22H2,1,3-11H3/b;26-23+/t27-,28-,29+,30+,31-,34+,35-,38-,39-,40-,42?,45+,46-;25-,27-,28+,29-,31+,32-,35-,36-,39?,41+,42+/m11/s1. The number of allylic oxidation sites excluding steroid dienone is 1. The zero-order chi connectivity index (χ0) is 86.7. The smallest absolute Gasteiger partial charge is 0.420 e. The zero-order valence-corrected chi connectivity index (χ0v) is 72.3. The number of aliphatic hydroxyl groups excluding tert-OH is 1. The number of aromatic nitrogens is 5. The number of fused-ring (bicyclic) bond motifs is 1. The molecule has 0 saturated carbocycles. The van der Waals surface area contributed by atoms with E-state index in [9.17, 15) is 48.3 Å². The van der Waals surface area contributed by atoms with Gasteiger partial charge in [0.1, 0.15) is 42.3 Å². The maximum absolute atomic E-state index is 14.9. The van der Waals surface area contributed by atoms with E-state index in [1.54, 1.807) is 123 Å². The first-order valence-electron chi connectivity index (χ1n) is 40.7. The number of nitrogens with zero attached hydrogens (tertiary/aromatic N) is 8. The molecule has 5 aliphatic rings. The van der Waals surface area contributed by atoms with E-state index in [1.807, 2.05) is 74.7 Å². The molecule has 0 spiro atoms. The summed E-state index contributed by atoms with van der Waals surface area (Å²) in [5, 5.41) is 11.5. The SMILES string of the molecule is C=C[C@]1(OC(=O)n2ccnc2)/C=C(\C)C(=O)[C@H](C)C[C@](C)(OC)[C@H](OC2O[C@H](C)C[C@H](N(C)C)[C@H]2OC(=O)c2ccccc2)[C@@H](C)C(=O)[C@@H](C)C(=O)O[C@@H]1CC.C=C[C@]12OC(=O)N(CCCC(C)(C)n3cnc(-c4cccnc4)c3)[C@@H]1[C@@H](C)C(=O)[C@H](C)C[C@](C)(OC)[C@H](OC1O[C@H](C)C[C@H](N(C)C)[C@H]1O)[C@@H](C)C(=O)[C@@H](C)C(=O)O[C@@H]2CC. The zero-order valence-electron chi connectivity index (χ0n) is 72.3. The molecule has 117 heavy (non-hydrogen) atoms. The third kappa shape index (κ3) is 20.9. The molecule has 3 aromatic heterocycles. The van der Waals surface area contributed by atoms with Crippen molar-refractivity contribution in [2.75, 3.05) is 49.0 Å². The Morgan fingerprint density at radius 3 is 1.79 bits per heavy atom. The number of hydrogen-bond acceptors (Lipinski definition) is 26. The average Bonchev–Trinajstić information content (AvgIpc) is 1.60. The molecule has 644 valence electrons. The maximum atomic E-state index is 14.9. The van der Waals surface area contributed by atoms with Crippen LogP contribution in [0.1, 0.15) is 173 Å². The molecule has 0 aliphatic carbocycles. The highest BCUT2D eigenvalue weighted by atomic mass is 16.7. The Morgan fingerprint density at radius 1 is 0.701 bits per heavy atom. The first-order valence-corrected chi connectivity index (χ1v) is 40.7. The Kier molecular flexibility index (Phi) is 31.8. The number of benzene rings is 1. The van der Waals surface area contributed by atoms with E-state index in [0.29, 0.717) is 31.2 Å². The summed E-state index contributed by atoms with van der Waals surface area (Å²) in [6, 6.07) is 10.8. The first-order chi connectivity index (χ1) is 55.1. The van der Waals surface area contributed by atoms with Gasteiger partial charge in [-0.3, -0.25) is 38.7 Å². The minimum Gasteiger partial charge on any atom is -0.457 e. The second-order valence-electron chi connectivity index (χ2n) is 33.9. The highest BCUT2D eigenvalue weighted by Gasteiger charge is 2.62. The maximum Gasteiger partial charge on any atom is 0.420 e. The minimum atomic E-state index is -1.80. The molecule has 29 nitrogen and oxygen atoms in total. The van der Waals surface area contributed by atoms with E-state index < -0.39 is 166 Å². The number of methoxy groups -OCH3 is 2. The van der Waals surface area contributed by atoms with Gasteiger partial charge in [-0.2, -0.15) is 0 Å². The van der Waals surface area contributed by atoms with Gasteiger partial charge in [-0.25, -0.2) is 28.9 Å². The second-order valence-corrected chi connectivity index (χ2v) is 33.9. The van der Waals surface area contributed by atoms with Crippen LogP contribution in [-0.4, -0.2) is 248 Å². The quantitative estimate of drug-likeness (QED) is 0.0350. The summed E-state index contributed by atoms with van der Waals surface area (Å²) in [6.45, 7) is 36.3. The third-order valence-corrected chi connectivity index (χ3v) is 24.6. The molecule has 4 aromatic rings. The van der Waals surface area contributed by atoms with Gasteiger partial charge in [0.25, 0.3) is 0 Å². The van der Waals surface area contributed by atoms with Gasteiger partial charge in [0.15, 0.2) is 47.2 Å². The van der Waals surface area contributed by atoms with E-state index in [0.717, 1.165) is 15.8 Å². The lowest BCUT2D eigenvalue weighted by Gasteiger charge is -2.47. The lowest BCUT2D eigenvalue weighted by molar-refractivity contribution is -0.295. The highest BCUT2D eigenvalue weighted by molar-refractivity contribution is 6.01. The van der Waals surface area contributed by atoms with Crippen molar-refractivity contribution in [3.05, 3.63) is 129 Å². The van der Waals surface area contributed by atoms with Crippen LogP contribution in [0.2, 0.25) is 0 Å². The van der Waals surface area contributed by atoms with Crippen molar-refractivity contribution in [2.45, 2.75) is 270 Å². The van der Waals surface area contributed by atoms with Crippen LogP contribution in [0, 0.1) is 41.4 Å². The molecule has 9 rings (SSSR count). The number of ether oxygens (including phenoxy) is 11. The number of pyridine rings is 1. The fourth-order valence-corrected chi connectivity index (χ4v) is 17.5. The lowest BCUT2D eigenvalue weighted by atomic mass is 9.72. The van der Waals surface area contributed by atoms with Gasteiger partial charge >= 0.3 is 30.1 Å². The largest absolute Gasteiger partial charge is 0.457 e. The molecule has 5 aliphatic heterocycles. The van der Waals surface area contributed by atoms with Crippen molar-refractivity contribution >= 4 is 53.2 Å². The van der Waals surface area contributed by atoms with Gasteiger partial charge in [-0.15, -0.1) is 0 Å². The van der Waals surface area contributed by atoms with Crippen LogP contribution in [0.25, 0.3) is 11.3 Å². The number of aliphatic hydroxyl groups is 1. The van der Waals surface area contributed by atoms with Crippen LogP contribution in [0.4, 0.5) is 9.59 Å². The summed E-state index contributed by atoms with van der Waals surface area (Å²) in [5.41, 5.74) is -4.22. The number of likely N-dealkylation sites (N-methyl/N-ethyl adjacent to an activating group) is 2. The molecule has 4 fully saturated rings. The Bertz CT molecular complexity index is 4140. The van der Waals surface area contributed by atoms with Crippen LogP contribution in [0.15, 0.2) is 123 Å². The molecular weight excluding hydrogens is 1510 g/mol. The third-order valence-electron chi connectivity index (χ3n) is 24.6. The van der Waals surface area contributed by atoms with Crippen molar-refractivity contribution in [1.29, 1.82) is 0 Å². The summed E-state index contributed by atoms with van der Waals surface area (Å²) in [4.78, 5) is 145. The number of Topliss-reactive ketones (excluding diaryl/α,β-unsaturated/α-hetero) is 4. The molecule has 1 aromatic carbocycles. The van der Waals surface area contributed by atoms with E-state index in [-0.39, 0.29) is 73.7 Å². The number of rotatable bonds is 21. The van der Waals surface area contributed by atoms with E-state index >= 15 is 0 Å². The molecule has 24 atom stereocenters. The van der Waals surface area contributed by atoms with E-state index in [4.69, 9.17) is 52.1 Å². The lowest BCUT2D eigenvalue weighted by Crippen LogP contribution is -2.60. The van der Waals surface area contributed by atoms with E-state index in [2.05, 4.69) is 42.0 Å². The molecule has 0 bridgehead atoms. The van der Waals surface area contributed by atoms with Crippen LogP contribution in [0.5, 0.6) is 0 Å². The molecule has 4 saturated heterocycles. The first kappa shape index (κ1) is 94.0. The molecule has 1 N–H and O–H groups in total. The topological polar surface area (TPSA) is 334 Å². The van der Waals surface area contributed by atoms with Gasteiger partial charge in [0, 0.05) is 98.5 Å². The molecular formula is C88H126N8O21. The van der Waals surface area contributed by atoms with Crippen molar-refractivity contribution in [3.63, 3.8) is 0 Å². The fraction of sp³-hybridized carbons (Fsp3) is 0.636. The van der Waals surface area contributed by atoms with Gasteiger partial charge in [-0.05, 0) is 190 Å². The molecule has 29 heteroatoms. The Morgan fingerprint density at radius 2 is 1.26 bits per heavy atom. The van der Waals surface area contributed by atoms with Crippen molar-refractivity contribution < 1.29 is 100 Å². The summed E-state index contributed by atoms with van der Waals surface area (Å²) in [5.74, 6) is -10.7. The Balaban J connectivity index is 0.000000293. The minimum absolute atomic E-state index is 0.0512. The average molecular weight is 1630 g/mol. The summed E-state index contributed by atoms with van der Waals surface area (Å²) in [7, 11) is 10.4. The summed E-state index contributed by atoms with van der Waals surface area (Å²) in [6.07, 6.45) is 7.34. The monoisotopic (exact) mass is 1630 g/mol. The number of hydrogen-bond donors (Lipinski definition) is 1.